The van der Waals surface area contributed by atoms with Gasteiger partial charge in [0.2, 0.25) is 5.91 Å². The van der Waals surface area contributed by atoms with Gasteiger partial charge in [-0.15, -0.1) is 0 Å². The van der Waals surface area contributed by atoms with E-state index in [1.807, 2.05) is 25.1 Å². The van der Waals surface area contributed by atoms with E-state index in [0.29, 0.717) is 6.54 Å². The van der Waals surface area contributed by atoms with Crippen molar-refractivity contribution >= 4 is 21.8 Å². The van der Waals surface area contributed by atoms with Crippen molar-refractivity contribution in [3.05, 3.63) is 33.8 Å². The van der Waals surface area contributed by atoms with Gasteiger partial charge in [0.25, 0.3) is 0 Å². The Morgan fingerprint density at radius 1 is 1.54 bits per heavy atom. The quantitative estimate of drug-likeness (QED) is 0.847. The van der Waals surface area contributed by atoms with Crippen molar-refractivity contribution in [2.24, 2.45) is 0 Å². The predicted octanol–water partition coefficient (Wildman–Crippen LogP) is 2.39. The molecule has 3 heteroatoms. The molecule has 1 aromatic carbocycles. The number of nitrogens with one attached hydrogen (secondary N) is 1. The molecule has 0 spiro atoms. The minimum atomic E-state index is -0.00306. The number of rotatable bonds is 2. The zero-order chi connectivity index (χ0) is 9.84. The van der Waals surface area contributed by atoms with Crippen LogP contribution in [0.25, 0.3) is 0 Å². The van der Waals surface area contributed by atoms with Gasteiger partial charge < -0.3 is 5.32 Å². The monoisotopic (exact) mass is 241 g/mol. The lowest BCUT2D eigenvalue weighted by molar-refractivity contribution is -0.119. The number of amides is 1. The number of hydrogen-bond acceptors (Lipinski definition) is 1. The molecule has 1 amide bonds. The summed E-state index contributed by atoms with van der Waals surface area (Å²) in [5, 5.41) is 2.75. The van der Waals surface area contributed by atoms with Gasteiger partial charge in [0, 0.05) is 17.9 Å². The number of aryl methyl sites for hydroxylation is 1. The minimum absolute atomic E-state index is 0.00306. The maximum Gasteiger partial charge on any atom is 0.217 e. The van der Waals surface area contributed by atoms with Crippen molar-refractivity contribution in [2.45, 2.75) is 20.4 Å². The van der Waals surface area contributed by atoms with Crippen molar-refractivity contribution in [1.82, 2.24) is 5.32 Å². The fraction of sp³-hybridized carbons (Fsp3) is 0.300. The van der Waals surface area contributed by atoms with Gasteiger partial charge in [-0.3, -0.25) is 4.79 Å². The van der Waals surface area contributed by atoms with Crippen LogP contribution in [-0.4, -0.2) is 5.91 Å². The van der Waals surface area contributed by atoms with Crippen LogP contribution < -0.4 is 5.32 Å². The third-order valence-corrected chi connectivity index (χ3v) is 2.63. The first kappa shape index (κ1) is 10.3. The fourth-order valence-corrected chi connectivity index (χ4v) is 1.40. The van der Waals surface area contributed by atoms with Crippen molar-refractivity contribution in [3.63, 3.8) is 0 Å². The zero-order valence-corrected chi connectivity index (χ0v) is 9.31. The number of halogens is 1. The fourth-order valence-electron chi connectivity index (χ4n) is 0.973. The molecule has 0 heterocycles. The van der Waals surface area contributed by atoms with Crippen LogP contribution in [0.15, 0.2) is 22.7 Å². The smallest absolute Gasteiger partial charge is 0.217 e. The summed E-state index contributed by atoms with van der Waals surface area (Å²) in [5.74, 6) is -0.00306. The van der Waals surface area contributed by atoms with Gasteiger partial charge in [0.15, 0.2) is 0 Å². The third kappa shape index (κ3) is 3.19. The molecule has 0 aromatic heterocycles. The predicted molar refractivity (Wildman–Crippen MR) is 56.4 cm³/mol. The molecular weight excluding hydrogens is 230 g/mol. The van der Waals surface area contributed by atoms with Crippen molar-refractivity contribution in [3.8, 4) is 0 Å². The normalized spacial score (nSPS) is 9.77. The van der Waals surface area contributed by atoms with Gasteiger partial charge in [-0.2, -0.15) is 0 Å². The Bertz CT molecular complexity index is 323. The summed E-state index contributed by atoms with van der Waals surface area (Å²) in [7, 11) is 0. The minimum Gasteiger partial charge on any atom is -0.352 e. The molecule has 0 saturated carbocycles. The van der Waals surface area contributed by atoms with Gasteiger partial charge in [0.05, 0.1) is 0 Å². The lowest BCUT2D eigenvalue weighted by atomic mass is 10.1. The SMILES string of the molecule is CC(=O)NCc1ccc(C)c(Br)c1. The molecule has 0 unspecified atom stereocenters. The zero-order valence-electron chi connectivity index (χ0n) is 7.73. The van der Waals surface area contributed by atoms with Crippen LogP contribution in [0, 0.1) is 6.92 Å². The maximum absolute atomic E-state index is 10.6. The molecule has 0 aliphatic carbocycles. The summed E-state index contributed by atoms with van der Waals surface area (Å²) in [4.78, 5) is 10.6. The van der Waals surface area contributed by atoms with E-state index < -0.39 is 0 Å². The summed E-state index contributed by atoms with van der Waals surface area (Å²) in [6.07, 6.45) is 0. The van der Waals surface area contributed by atoms with Gasteiger partial charge in [-0.25, -0.2) is 0 Å². The van der Waals surface area contributed by atoms with Crippen molar-refractivity contribution in [1.29, 1.82) is 0 Å². The molecule has 1 aromatic rings. The molecule has 0 atom stereocenters. The molecule has 2 nitrogen and oxygen atoms in total. The Hall–Kier alpha value is -0.830. The molecule has 1 N–H and O–H groups in total. The second-order valence-corrected chi connectivity index (χ2v) is 3.85. The topological polar surface area (TPSA) is 29.1 Å². The van der Waals surface area contributed by atoms with E-state index in [0.717, 1.165) is 10.0 Å². The molecule has 0 bridgehead atoms. The van der Waals surface area contributed by atoms with Crippen LogP contribution in [0.5, 0.6) is 0 Å². The van der Waals surface area contributed by atoms with Crippen molar-refractivity contribution < 1.29 is 4.79 Å². The Kier molecular flexibility index (Phi) is 3.48. The number of carbonyl (C=O) groups excluding carboxylic acids is 1. The summed E-state index contributed by atoms with van der Waals surface area (Å²) in [5.41, 5.74) is 2.30. The van der Waals surface area contributed by atoms with Gasteiger partial charge in [-0.05, 0) is 24.1 Å². The number of benzene rings is 1. The van der Waals surface area contributed by atoms with Gasteiger partial charge >= 0.3 is 0 Å². The average molecular weight is 242 g/mol. The number of carbonyl (C=O) groups is 1. The maximum atomic E-state index is 10.6. The van der Waals surface area contributed by atoms with Crippen LogP contribution in [0.3, 0.4) is 0 Å². The first-order valence-corrected chi connectivity index (χ1v) is 4.88. The third-order valence-electron chi connectivity index (χ3n) is 1.78. The Balaban J connectivity index is 2.68. The van der Waals surface area contributed by atoms with E-state index >= 15 is 0 Å². The van der Waals surface area contributed by atoms with Gasteiger partial charge in [-0.1, -0.05) is 28.1 Å². The molecular formula is C10H12BrNO. The first-order valence-electron chi connectivity index (χ1n) is 4.09. The highest BCUT2D eigenvalue weighted by atomic mass is 79.9. The van der Waals surface area contributed by atoms with Crippen LogP contribution >= 0.6 is 15.9 Å². The largest absolute Gasteiger partial charge is 0.352 e. The molecule has 0 aliphatic rings. The van der Waals surface area contributed by atoms with Crippen LogP contribution in [-0.2, 0) is 11.3 Å². The van der Waals surface area contributed by atoms with E-state index in [9.17, 15) is 4.79 Å². The second-order valence-electron chi connectivity index (χ2n) is 2.99. The molecule has 1 rings (SSSR count). The lowest BCUT2D eigenvalue weighted by Crippen LogP contribution is -2.18. The van der Waals surface area contributed by atoms with Crippen LogP contribution in [0.4, 0.5) is 0 Å². The summed E-state index contributed by atoms with van der Waals surface area (Å²) in [6, 6.07) is 6.06. The second kappa shape index (κ2) is 4.42. The van der Waals surface area contributed by atoms with Crippen LogP contribution in [0.2, 0.25) is 0 Å². The van der Waals surface area contributed by atoms with Crippen LogP contribution in [0.1, 0.15) is 18.1 Å². The van der Waals surface area contributed by atoms with E-state index in [1.54, 1.807) is 0 Å². The summed E-state index contributed by atoms with van der Waals surface area (Å²) >= 11 is 3.44. The standard InChI is InChI=1S/C10H12BrNO/c1-7-3-4-9(5-10(7)11)6-12-8(2)13/h3-5H,6H2,1-2H3,(H,12,13). The first-order chi connectivity index (χ1) is 6.09. The molecule has 0 aliphatic heterocycles. The van der Waals surface area contributed by atoms with Crippen molar-refractivity contribution in [2.75, 3.05) is 0 Å². The Labute approximate surface area is 86.5 Å². The van der Waals surface area contributed by atoms with E-state index in [2.05, 4.69) is 21.2 Å². The molecule has 13 heavy (non-hydrogen) atoms. The molecule has 0 saturated heterocycles. The Morgan fingerprint density at radius 3 is 2.77 bits per heavy atom. The highest BCUT2D eigenvalue weighted by molar-refractivity contribution is 9.10. The molecule has 70 valence electrons. The van der Waals surface area contributed by atoms with Gasteiger partial charge in [0.1, 0.15) is 0 Å². The van der Waals surface area contributed by atoms with E-state index in [1.165, 1.54) is 12.5 Å². The van der Waals surface area contributed by atoms with E-state index in [4.69, 9.17) is 0 Å². The molecule has 0 fully saturated rings. The summed E-state index contributed by atoms with van der Waals surface area (Å²) < 4.78 is 1.08. The number of hydrogen-bond donors (Lipinski definition) is 1. The highest BCUT2D eigenvalue weighted by Gasteiger charge is 1.97. The average Bonchev–Trinajstić information content (AvgIpc) is 2.07. The lowest BCUT2D eigenvalue weighted by Gasteiger charge is -2.04. The molecule has 0 radical (unpaired) electrons. The summed E-state index contributed by atoms with van der Waals surface area (Å²) in [6.45, 7) is 4.14. The highest BCUT2D eigenvalue weighted by Crippen LogP contribution is 2.17. The Morgan fingerprint density at radius 2 is 2.23 bits per heavy atom. The van der Waals surface area contributed by atoms with E-state index in [-0.39, 0.29) is 5.91 Å².